The molecule has 146 valence electrons. The summed E-state index contributed by atoms with van der Waals surface area (Å²) in [5.74, 6) is 0.0182. The zero-order valence-electron chi connectivity index (χ0n) is 14.2. The van der Waals surface area contributed by atoms with E-state index in [0.717, 1.165) is 6.07 Å². The lowest BCUT2D eigenvalue weighted by molar-refractivity contribution is -0.384. The van der Waals surface area contributed by atoms with Gasteiger partial charge in [0.05, 0.1) is 28.1 Å². The molecule has 0 amide bonds. The number of rotatable bonds is 6. The van der Waals surface area contributed by atoms with Gasteiger partial charge in [0.25, 0.3) is 5.69 Å². The van der Waals surface area contributed by atoms with Gasteiger partial charge < -0.3 is 15.5 Å². The Morgan fingerprint density at radius 2 is 2.04 bits per heavy atom. The van der Waals surface area contributed by atoms with Gasteiger partial charge in [-0.05, 0) is 60.5 Å². The summed E-state index contributed by atoms with van der Waals surface area (Å²) in [5.41, 5.74) is -1.11. The predicted octanol–water partition coefficient (Wildman–Crippen LogP) is 1.72. The first-order valence-corrected chi connectivity index (χ1v) is 10.4. The fourth-order valence-electron chi connectivity index (χ4n) is 3.18. The van der Waals surface area contributed by atoms with Crippen LogP contribution in [0.1, 0.15) is 32.6 Å². The van der Waals surface area contributed by atoms with Crippen molar-refractivity contribution >= 4 is 37.3 Å². The maximum absolute atomic E-state index is 11.5. The Morgan fingerprint density at radius 3 is 2.50 bits per heavy atom. The minimum absolute atomic E-state index is 0.0182. The number of aliphatic hydroxyl groups excluding tert-OH is 1. The van der Waals surface area contributed by atoms with Crippen LogP contribution in [0.4, 0.5) is 11.4 Å². The topological polar surface area (TPSA) is 156 Å². The van der Waals surface area contributed by atoms with Gasteiger partial charge >= 0.3 is 0 Å². The summed E-state index contributed by atoms with van der Waals surface area (Å²) >= 11 is 3.15. The quantitative estimate of drug-likeness (QED) is 0.378. The molecule has 9 nitrogen and oxygen atoms in total. The van der Waals surface area contributed by atoms with Crippen LogP contribution in [-0.2, 0) is 10.0 Å². The van der Waals surface area contributed by atoms with Gasteiger partial charge in [-0.15, -0.1) is 0 Å². The number of nitrogens with zero attached hydrogens (tertiary/aromatic N) is 1. The monoisotopic (exact) mass is 451 g/mol. The van der Waals surface area contributed by atoms with Gasteiger partial charge in [0.15, 0.2) is 0 Å². The normalized spacial score (nSPS) is 24.9. The predicted molar refractivity (Wildman–Crippen MR) is 99.2 cm³/mol. The number of benzene rings is 1. The number of aliphatic hydroxyl groups is 2. The van der Waals surface area contributed by atoms with E-state index in [1.165, 1.54) is 6.07 Å². The second-order valence-corrected chi connectivity index (χ2v) is 9.28. The maximum Gasteiger partial charge on any atom is 0.294 e. The summed E-state index contributed by atoms with van der Waals surface area (Å²) in [6.07, 6.45) is 2.46. The van der Waals surface area contributed by atoms with Gasteiger partial charge in [-0.3, -0.25) is 10.1 Å². The van der Waals surface area contributed by atoms with Gasteiger partial charge in [0.2, 0.25) is 10.0 Å². The molecule has 1 aliphatic rings. The Kier molecular flexibility index (Phi) is 6.28. The molecule has 11 heteroatoms. The zero-order valence-corrected chi connectivity index (χ0v) is 16.6. The van der Waals surface area contributed by atoms with E-state index in [9.17, 15) is 28.7 Å². The van der Waals surface area contributed by atoms with E-state index in [1.54, 1.807) is 6.92 Å². The molecular formula is C15H22BrN3O6S. The first-order valence-electron chi connectivity index (χ1n) is 8.05. The third-order valence-electron chi connectivity index (χ3n) is 4.77. The number of nitrogens with two attached hydrogens (primary N) is 1. The van der Waals surface area contributed by atoms with E-state index in [2.05, 4.69) is 21.2 Å². The Morgan fingerprint density at radius 1 is 1.46 bits per heavy atom. The molecule has 0 heterocycles. The number of hydrogen-bond acceptors (Lipinski definition) is 7. The number of nitro groups is 1. The van der Waals surface area contributed by atoms with Crippen molar-refractivity contribution in [1.82, 2.24) is 0 Å². The van der Waals surface area contributed by atoms with Crippen molar-refractivity contribution in [3.05, 3.63) is 26.7 Å². The number of primary sulfonamides is 1. The van der Waals surface area contributed by atoms with Crippen LogP contribution in [0.15, 0.2) is 21.5 Å². The van der Waals surface area contributed by atoms with Crippen LogP contribution in [0.5, 0.6) is 0 Å². The molecule has 0 unspecified atom stereocenters. The van der Waals surface area contributed by atoms with E-state index in [-0.39, 0.29) is 27.6 Å². The molecule has 0 aromatic heterocycles. The number of halogens is 1. The lowest BCUT2D eigenvalue weighted by Gasteiger charge is -2.37. The third-order valence-corrected chi connectivity index (χ3v) is 6.29. The number of nitro benzene ring substituents is 1. The Bertz CT molecular complexity index is 789. The van der Waals surface area contributed by atoms with Crippen molar-refractivity contribution < 1.29 is 23.6 Å². The van der Waals surface area contributed by atoms with Crippen molar-refractivity contribution in [2.45, 2.75) is 49.1 Å². The number of anilines is 1. The van der Waals surface area contributed by atoms with E-state index in [0.29, 0.717) is 25.7 Å². The Hall–Kier alpha value is -1.27. The summed E-state index contributed by atoms with van der Waals surface area (Å²) in [6, 6.07) is 1.61. The highest BCUT2D eigenvalue weighted by Crippen LogP contribution is 2.39. The van der Waals surface area contributed by atoms with Crippen molar-refractivity contribution in [3.63, 3.8) is 0 Å². The van der Waals surface area contributed by atoms with Crippen molar-refractivity contribution in [1.29, 1.82) is 0 Å². The minimum Gasteiger partial charge on any atom is -0.394 e. The first kappa shape index (κ1) is 21.0. The molecule has 2 rings (SSSR count). The molecule has 0 radical (unpaired) electrons. The van der Waals surface area contributed by atoms with Gasteiger partial charge in [-0.1, -0.05) is 0 Å². The maximum atomic E-state index is 11.5. The van der Waals surface area contributed by atoms with Gasteiger partial charge in [0, 0.05) is 10.5 Å². The minimum atomic E-state index is -4.10. The van der Waals surface area contributed by atoms with Crippen LogP contribution < -0.4 is 10.5 Å². The molecule has 1 aromatic carbocycles. The number of sulfonamides is 1. The summed E-state index contributed by atoms with van der Waals surface area (Å²) < 4.78 is 23.2. The van der Waals surface area contributed by atoms with Crippen LogP contribution in [0.25, 0.3) is 0 Å². The molecule has 0 saturated heterocycles. The SMILES string of the molecule is CC1(O)CCC([C@H](CO)Nc2c(Br)cc(S(N)(=O)=O)cc2[N+](=O)[O-])CC1. The zero-order chi connectivity index (χ0) is 19.7. The largest absolute Gasteiger partial charge is 0.394 e. The molecule has 1 atom stereocenters. The first-order chi connectivity index (χ1) is 11.9. The highest BCUT2D eigenvalue weighted by Gasteiger charge is 2.34. The van der Waals surface area contributed by atoms with Crippen LogP contribution in [0.2, 0.25) is 0 Å². The summed E-state index contributed by atoms with van der Waals surface area (Å²) in [4.78, 5) is 10.3. The van der Waals surface area contributed by atoms with Crippen LogP contribution in [0.3, 0.4) is 0 Å². The van der Waals surface area contributed by atoms with E-state index in [1.807, 2.05) is 0 Å². The highest BCUT2D eigenvalue weighted by atomic mass is 79.9. The molecule has 1 saturated carbocycles. The molecule has 0 bridgehead atoms. The summed E-state index contributed by atoms with van der Waals surface area (Å²) in [7, 11) is -4.10. The van der Waals surface area contributed by atoms with Gasteiger partial charge in [-0.25, -0.2) is 13.6 Å². The van der Waals surface area contributed by atoms with Crippen LogP contribution in [0, 0.1) is 16.0 Å². The molecule has 1 aromatic rings. The highest BCUT2D eigenvalue weighted by molar-refractivity contribution is 9.10. The van der Waals surface area contributed by atoms with Crippen molar-refractivity contribution in [2.24, 2.45) is 11.1 Å². The molecule has 1 aliphatic carbocycles. The average Bonchev–Trinajstić information content (AvgIpc) is 2.52. The fourth-order valence-corrected chi connectivity index (χ4v) is 4.46. The van der Waals surface area contributed by atoms with Gasteiger partial charge in [-0.2, -0.15) is 0 Å². The fraction of sp³-hybridized carbons (Fsp3) is 0.600. The standard InChI is InChI=1S/C15H22BrN3O6S/c1-15(21)4-2-9(3-5-15)12(8-20)18-14-11(16)6-10(26(17,24)25)7-13(14)19(22)23/h6-7,9,12,18,20-21H,2-5,8H2,1H3,(H2,17,24,25)/t9?,12-,15?/m0/s1. The smallest absolute Gasteiger partial charge is 0.294 e. The van der Waals surface area contributed by atoms with Crippen molar-refractivity contribution in [2.75, 3.05) is 11.9 Å². The summed E-state index contributed by atoms with van der Waals surface area (Å²) in [5, 5.41) is 39.2. The Balaban J connectivity index is 2.33. The van der Waals surface area contributed by atoms with Gasteiger partial charge in [0.1, 0.15) is 5.69 Å². The summed E-state index contributed by atoms with van der Waals surface area (Å²) in [6.45, 7) is 1.51. The number of hydrogen-bond donors (Lipinski definition) is 4. The second kappa shape index (κ2) is 7.77. The third kappa shape index (κ3) is 4.92. The molecule has 26 heavy (non-hydrogen) atoms. The average molecular weight is 452 g/mol. The lowest BCUT2D eigenvalue weighted by Crippen LogP contribution is -2.39. The molecule has 5 N–H and O–H groups in total. The number of nitrogens with one attached hydrogen (secondary N) is 1. The molecule has 1 fully saturated rings. The van der Waals surface area contributed by atoms with E-state index < -0.39 is 32.3 Å². The molecule has 0 spiro atoms. The van der Waals surface area contributed by atoms with Crippen LogP contribution >= 0.6 is 15.9 Å². The van der Waals surface area contributed by atoms with Crippen molar-refractivity contribution in [3.8, 4) is 0 Å². The molecular weight excluding hydrogens is 430 g/mol. The molecule has 0 aliphatic heterocycles. The van der Waals surface area contributed by atoms with Crippen LogP contribution in [-0.4, -0.2) is 41.8 Å². The second-order valence-electron chi connectivity index (χ2n) is 6.87. The lowest BCUT2D eigenvalue weighted by atomic mass is 9.77. The van der Waals surface area contributed by atoms with E-state index in [4.69, 9.17) is 5.14 Å². The Labute approximate surface area is 159 Å². The van der Waals surface area contributed by atoms with E-state index >= 15 is 0 Å².